The Hall–Kier alpha value is -2.37. The molecule has 2 aliphatic rings. The van der Waals surface area contributed by atoms with Crippen molar-refractivity contribution in [3.8, 4) is 0 Å². The van der Waals surface area contributed by atoms with E-state index in [1.54, 1.807) is 0 Å². The summed E-state index contributed by atoms with van der Waals surface area (Å²) in [4.78, 5) is 17.9. The van der Waals surface area contributed by atoms with Crippen LogP contribution in [0.1, 0.15) is 65.1 Å². The van der Waals surface area contributed by atoms with E-state index < -0.39 is 0 Å². The lowest BCUT2D eigenvalue weighted by molar-refractivity contribution is 0.0707. The van der Waals surface area contributed by atoms with Gasteiger partial charge in [0.25, 0.3) is 5.91 Å². The Kier molecular flexibility index (Phi) is 8.74. The van der Waals surface area contributed by atoms with Gasteiger partial charge in [0.2, 0.25) is 0 Å². The van der Waals surface area contributed by atoms with Crippen molar-refractivity contribution in [3.63, 3.8) is 0 Å². The highest BCUT2D eigenvalue weighted by atomic mass is 35.5. The van der Waals surface area contributed by atoms with Gasteiger partial charge in [0.15, 0.2) is 0 Å². The van der Waals surface area contributed by atoms with Gasteiger partial charge in [-0.2, -0.15) is 0 Å². The summed E-state index contributed by atoms with van der Waals surface area (Å²) in [6.07, 6.45) is 6.05. The summed E-state index contributed by atoms with van der Waals surface area (Å²) in [7, 11) is 0. The fourth-order valence-electron chi connectivity index (χ4n) is 5.98. The first-order valence-corrected chi connectivity index (χ1v) is 14.6. The number of halogens is 2. The highest BCUT2D eigenvalue weighted by Gasteiger charge is 2.32. The molecule has 5 rings (SSSR count). The Morgan fingerprint density at radius 2 is 1.71 bits per heavy atom. The van der Waals surface area contributed by atoms with Crippen LogP contribution in [0, 0.1) is 0 Å². The molecule has 3 aromatic rings. The van der Waals surface area contributed by atoms with E-state index in [2.05, 4.69) is 41.3 Å². The number of rotatable bonds is 7. The van der Waals surface area contributed by atoms with Gasteiger partial charge in [0.1, 0.15) is 0 Å². The molecule has 2 heterocycles. The SMILES string of the molecule is NC1(c2ccccc2)CCN(CCCc2cccc(C(=O)N3CCCC(c4ccc(Cl)c(Cl)c4)C3)c2)CC1. The monoisotopic (exact) mass is 549 g/mol. The zero-order valence-corrected chi connectivity index (χ0v) is 23.4. The lowest BCUT2D eigenvalue weighted by Gasteiger charge is -2.39. The van der Waals surface area contributed by atoms with E-state index in [0.717, 1.165) is 75.8 Å². The third-order valence-corrected chi connectivity index (χ3v) is 9.07. The van der Waals surface area contributed by atoms with Crippen molar-refractivity contribution in [1.82, 2.24) is 9.80 Å². The standard InChI is InChI=1S/C32H37Cl2N3O/c33-29-14-13-25(22-30(29)34)27-10-6-18-37(23-27)31(38)26-9-4-7-24(21-26)8-5-17-36-19-15-32(35,16-20-36)28-11-2-1-3-12-28/h1-4,7,9,11-14,21-22,27H,5-6,8,10,15-20,23,35H2. The second-order valence-corrected chi connectivity index (χ2v) is 11.7. The molecule has 0 radical (unpaired) electrons. The van der Waals surface area contributed by atoms with Crippen LogP contribution in [-0.2, 0) is 12.0 Å². The van der Waals surface area contributed by atoms with E-state index in [1.807, 2.05) is 41.3 Å². The highest BCUT2D eigenvalue weighted by Crippen LogP contribution is 2.32. The van der Waals surface area contributed by atoms with Crippen molar-refractivity contribution in [1.29, 1.82) is 0 Å². The van der Waals surface area contributed by atoms with Gasteiger partial charge in [-0.05, 0) is 86.0 Å². The van der Waals surface area contributed by atoms with Crippen LogP contribution in [0.25, 0.3) is 0 Å². The molecule has 0 bridgehead atoms. The summed E-state index contributed by atoms with van der Waals surface area (Å²) in [6, 6.07) is 24.5. The summed E-state index contributed by atoms with van der Waals surface area (Å²) in [5, 5.41) is 1.14. The molecule has 4 nitrogen and oxygen atoms in total. The van der Waals surface area contributed by atoms with Gasteiger partial charge in [-0.3, -0.25) is 4.79 Å². The van der Waals surface area contributed by atoms with Gasteiger partial charge < -0.3 is 15.5 Å². The number of piperidine rings is 2. The average Bonchev–Trinajstić information content (AvgIpc) is 2.96. The number of hydrogen-bond acceptors (Lipinski definition) is 3. The van der Waals surface area contributed by atoms with Crippen LogP contribution in [0.4, 0.5) is 0 Å². The van der Waals surface area contributed by atoms with Crippen LogP contribution < -0.4 is 5.73 Å². The largest absolute Gasteiger partial charge is 0.338 e. The summed E-state index contributed by atoms with van der Waals surface area (Å²) in [5.41, 5.74) is 10.9. The van der Waals surface area contributed by atoms with Gasteiger partial charge in [-0.1, -0.05) is 71.7 Å². The van der Waals surface area contributed by atoms with Crippen LogP contribution >= 0.6 is 23.2 Å². The topological polar surface area (TPSA) is 49.6 Å². The lowest BCUT2D eigenvalue weighted by Crippen LogP contribution is -2.48. The minimum Gasteiger partial charge on any atom is -0.338 e. The Morgan fingerprint density at radius 1 is 0.921 bits per heavy atom. The maximum absolute atomic E-state index is 13.4. The summed E-state index contributed by atoms with van der Waals surface area (Å²) >= 11 is 12.4. The van der Waals surface area contributed by atoms with Crippen molar-refractivity contribution in [2.45, 2.75) is 50.0 Å². The van der Waals surface area contributed by atoms with Crippen molar-refractivity contribution >= 4 is 29.1 Å². The van der Waals surface area contributed by atoms with E-state index >= 15 is 0 Å². The Balaban J connectivity index is 1.12. The van der Waals surface area contributed by atoms with Gasteiger partial charge >= 0.3 is 0 Å². The number of nitrogens with zero attached hydrogens (tertiary/aromatic N) is 2. The molecule has 200 valence electrons. The molecular formula is C32H37Cl2N3O. The zero-order valence-electron chi connectivity index (χ0n) is 21.9. The molecule has 0 aliphatic carbocycles. The van der Waals surface area contributed by atoms with E-state index in [1.165, 1.54) is 11.1 Å². The van der Waals surface area contributed by atoms with Gasteiger partial charge in [-0.15, -0.1) is 0 Å². The van der Waals surface area contributed by atoms with Crippen LogP contribution in [0.3, 0.4) is 0 Å². The number of carbonyl (C=O) groups is 1. The smallest absolute Gasteiger partial charge is 0.253 e. The van der Waals surface area contributed by atoms with Crippen molar-refractivity contribution in [3.05, 3.63) is 105 Å². The Morgan fingerprint density at radius 3 is 2.47 bits per heavy atom. The zero-order chi connectivity index (χ0) is 26.5. The van der Waals surface area contributed by atoms with Crippen molar-refractivity contribution < 1.29 is 4.79 Å². The molecule has 2 aliphatic heterocycles. The minimum absolute atomic E-state index is 0.118. The molecule has 2 fully saturated rings. The molecule has 0 aromatic heterocycles. The van der Waals surface area contributed by atoms with Gasteiger partial charge in [0.05, 0.1) is 10.0 Å². The summed E-state index contributed by atoms with van der Waals surface area (Å²) in [6.45, 7) is 4.61. The normalized spacial score (nSPS) is 19.9. The van der Waals surface area contributed by atoms with Crippen LogP contribution in [0.2, 0.25) is 10.0 Å². The predicted molar refractivity (Wildman–Crippen MR) is 157 cm³/mol. The molecule has 38 heavy (non-hydrogen) atoms. The predicted octanol–water partition coefficient (Wildman–Crippen LogP) is 6.90. The van der Waals surface area contributed by atoms with Crippen molar-refractivity contribution in [2.24, 2.45) is 5.73 Å². The van der Waals surface area contributed by atoms with Crippen LogP contribution in [0.15, 0.2) is 72.8 Å². The number of benzene rings is 3. The van der Waals surface area contributed by atoms with E-state index in [9.17, 15) is 4.79 Å². The molecule has 1 atom stereocenters. The van der Waals surface area contributed by atoms with Crippen molar-refractivity contribution in [2.75, 3.05) is 32.7 Å². The lowest BCUT2D eigenvalue weighted by atomic mass is 9.82. The molecule has 1 unspecified atom stereocenters. The maximum Gasteiger partial charge on any atom is 0.253 e. The van der Waals surface area contributed by atoms with E-state index in [0.29, 0.717) is 16.6 Å². The first-order valence-electron chi connectivity index (χ1n) is 13.8. The van der Waals surface area contributed by atoms with E-state index in [4.69, 9.17) is 28.9 Å². The average molecular weight is 551 g/mol. The van der Waals surface area contributed by atoms with Gasteiger partial charge in [-0.25, -0.2) is 0 Å². The quantitative estimate of drug-likeness (QED) is 0.348. The molecule has 2 N–H and O–H groups in total. The molecule has 3 aromatic carbocycles. The number of likely N-dealkylation sites (tertiary alicyclic amines) is 2. The fraction of sp³-hybridized carbons (Fsp3) is 0.406. The molecular weight excluding hydrogens is 513 g/mol. The fourth-order valence-corrected chi connectivity index (χ4v) is 6.29. The van der Waals surface area contributed by atoms with Crippen LogP contribution in [0.5, 0.6) is 0 Å². The van der Waals surface area contributed by atoms with Gasteiger partial charge in [0, 0.05) is 43.2 Å². The molecule has 0 spiro atoms. The minimum atomic E-state index is -0.209. The Labute approximate surface area is 236 Å². The molecule has 6 heteroatoms. The second kappa shape index (κ2) is 12.2. The second-order valence-electron chi connectivity index (χ2n) is 10.9. The number of hydrogen-bond donors (Lipinski definition) is 1. The van der Waals surface area contributed by atoms with Crippen LogP contribution in [-0.4, -0.2) is 48.4 Å². The highest BCUT2D eigenvalue weighted by molar-refractivity contribution is 6.42. The number of nitrogens with two attached hydrogens (primary N) is 1. The maximum atomic E-state index is 13.4. The first-order chi connectivity index (χ1) is 18.4. The number of amides is 1. The first kappa shape index (κ1) is 27.2. The molecule has 0 saturated carbocycles. The number of carbonyl (C=O) groups excluding carboxylic acids is 1. The summed E-state index contributed by atoms with van der Waals surface area (Å²) < 4.78 is 0. The Bertz CT molecular complexity index is 1240. The molecule has 2 saturated heterocycles. The molecule has 1 amide bonds. The summed E-state index contributed by atoms with van der Waals surface area (Å²) in [5.74, 6) is 0.400. The van der Waals surface area contributed by atoms with E-state index in [-0.39, 0.29) is 17.4 Å². The number of aryl methyl sites for hydroxylation is 1. The third-order valence-electron chi connectivity index (χ3n) is 8.33. The third kappa shape index (κ3) is 6.43.